The van der Waals surface area contributed by atoms with Crippen molar-refractivity contribution in [3.63, 3.8) is 0 Å². The molecule has 1 aromatic carbocycles. The fourth-order valence-electron chi connectivity index (χ4n) is 2.58. The van der Waals surface area contributed by atoms with E-state index in [2.05, 4.69) is 41.8 Å². The topological polar surface area (TPSA) is 33.3 Å². The van der Waals surface area contributed by atoms with Crippen LogP contribution >= 0.6 is 12.2 Å². The van der Waals surface area contributed by atoms with Gasteiger partial charge in [-0.05, 0) is 55.6 Å². The second kappa shape index (κ2) is 9.00. The largest absolute Gasteiger partial charge is 0.378 e. The second-order valence-corrected chi connectivity index (χ2v) is 5.97. The molecule has 1 fully saturated rings. The van der Waals surface area contributed by atoms with Crippen LogP contribution in [0.15, 0.2) is 24.3 Å². The van der Waals surface area contributed by atoms with Gasteiger partial charge < -0.3 is 15.4 Å². The van der Waals surface area contributed by atoms with Gasteiger partial charge in [0.25, 0.3) is 0 Å². The van der Waals surface area contributed by atoms with Crippen LogP contribution in [0.4, 0.5) is 5.69 Å². The summed E-state index contributed by atoms with van der Waals surface area (Å²) in [5.74, 6) is 0. The van der Waals surface area contributed by atoms with Crippen molar-refractivity contribution in [2.45, 2.75) is 51.6 Å². The third-order valence-electron chi connectivity index (χ3n) is 3.88. The quantitative estimate of drug-likeness (QED) is 0.591. The Morgan fingerprint density at radius 2 is 1.95 bits per heavy atom. The highest BCUT2D eigenvalue weighted by atomic mass is 32.1. The minimum atomic E-state index is 0.507. The Kier molecular flexibility index (Phi) is 6.96. The van der Waals surface area contributed by atoms with Crippen LogP contribution in [-0.4, -0.2) is 24.4 Å². The van der Waals surface area contributed by atoms with Crippen LogP contribution in [0.25, 0.3) is 0 Å². The molecule has 0 aliphatic heterocycles. The molecule has 1 aromatic rings. The summed E-state index contributed by atoms with van der Waals surface area (Å²) in [6.45, 7) is 3.83. The van der Waals surface area contributed by atoms with Gasteiger partial charge in [-0.25, -0.2) is 0 Å². The summed E-state index contributed by atoms with van der Waals surface area (Å²) in [4.78, 5) is 0. The first-order chi connectivity index (χ1) is 10.3. The first-order valence-electron chi connectivity index (χ1n) is 8.03. The molecule has 0 saturated heterocycles. The van der Waals surface area contributed by atoms with Gasteiger partial charge in [0.15, 0.2) is 5.11 Å². The van der Waals surface area contributed by atoms with E-state index in [4.69, 9.17) is 17.0 Å². The molecular formula is C17H26N2OS. The van der Waals surface area contributed by atoms with E-state index in [1.807, 2.05) is 0 Å². The number of aryl methyl sites for hydroxylation is 1. The Hall–Kier alpha value is -1.13. The van der Waals surface area contributed by atoms with E-state index in [1.165, 1.54) is 31.2 Å². The molecule has 2 rings (SSSR count). The minimum Gasteiger partial charge on any atom is -0.378 e. The predicted octanol–water partition coefficient (Wildman–Crippen LogP) is 3.88. The highest BCUT2D eigenvalue weighted by molar-refractivity contribution is 7.80. The minimum absolute atomic E-state index is 0.507. The molecule has 1 aliphatic rings. The Morgan fingerprint density at radius 3 is 2.62 bits per heavy atom. The summed E-state index contributed by atoms with van der Waals surface area (Å²) in [7, 11) is 0. The summed E-state index contributed by atoms with van der Waals surface area (Å²) in [5.41, 5.74) is 2.37. The fourth-order valence-corrected chi connectivity index (χ4v) is 2.80. The lowest BCUT2D eigenvalue weighted by Gasteiger charge is -2.13. The van der Waals surface area contributed by atoms with Gasteiger partial charge in [0.05, 0.1) is 6.10 Å². The number of hydrogen-bond donors (Lipinski definition) is 2. The lowest BCUT2D eigenvalue weighted by Crippen LogP contribution is -2.30. The van der Waals surface area contributed by atoms with E-state index in [9.17, 15) is 0 Å². The molecule has 2 N–H and O–H groups in total. The number of thiocarbonyl (C=S) groups is 1. The van der Waals surface area contributed by atoms with E-state index in [1.54, 1.807) is 0 Å². The molecule has 1 saturated carbocycles. The van der Waals surface area contributed by atoms with Gasteiger partial charge in [-0.15, -0.1) is 0 Å². The van der Waals surface area contributed by atoms with Crippen molar-refractivity contribution in [1.82, 2.24) is 5.32 Å². The molecule has 0 atom stereocenters. The molecule has 0 amide bonds. The van der Waals surface area contributed by atoms with Crippen LogP contribution in [-0.2, 0) is 11.2 Å². The normalized spacial score (nSPS) is 15.1. The Bertz CT molecular complexity index is 427. The van der Waals surface area contributed by atoms with Crippen LogP contribution in [0.1, 0.15) is 44.6 Å². The molecule has 0 aromatic heterocycles. The van der Waals surface area contributed by atoms with Gasteiger partial charge in [-0.2, -0.15) is 0 Å². The van der Waals surface area contributed by atoms with Crippen molar-refractivity contribution >= 4 is 23.0 Å². The predicted molar refractivity (Wildman–Crippen MR) is 92.9 cm³/mol. The monoisotopic (exact) mass is 306 g/mol. The summed E-state index contributed by atoms with van der Waals surface area (Å²) in [6, 6.07) is 8.38. The van der Waals surface area contributed by atoms with Crippen LogP contribution in [0.2, 0.25) is 0 Å². The summed E-state index contributed by atoms with van der Waals surface area (Å²) >= 11 is 5.29. The van der Waals surface area contributed by atoms with Gasteiger partial charge in [0, 0.05) is 18.8 Å². The highest BCUT2D eigenvalue weighted by Crippen LogP contribution is 2.20. The summed E-state index contributed by atoms with van der Waals surface area (Å²) in [6.07, 6.45) is 7.69. The number of rotatable bonds is 7. The lowest BCUT2D eigenvalue weighted by molar-refractivity contribution is 0.0574. The first kappa shape index (κ1) is 16.2. The van der Waals surface area contributed by atoms with Crippen LogP contribution in [0.5, 0.6) is 0 Å². The Balaban J connectivity index is 1.56. The van der Waals surface area contributed by atoms with Gasteiger partial charge in [0.1, 0.15) is 0 Å². The van der Waals surface area contributed by atoms with E-state index in [0.717, 1.165) is 31.7 Å². The number of nitrogens with one attached hydrogen (secondary N) is 2. The standard InChI is InChI=1S/C17H26N2OS/c1-2-14-8-10-15(11-9-14)19-17(21)18-12-5-13-20-16-6-3-4-7-16/h8-11,16H,2-7,12-13H2,1H3,(H2,18,19,21). The average molecular weight is 306 g/mol. The van der Waals surface area contributed by atoms with Crippen molar-refractivity contribution in [2.24, 2.45) is 0 Å². The van der Waals surface area contributed by atoms with E-state index in [-0.39, 0.29) is 0 Å². The zero-order chi connectivity index (χ0) is 14.9. The van der Waals surface area contributed by atoms with E-state index < -0.39 is 0 Å². The van der Waals surface area contributed by atoms with Crippen molar-refractivity contribution in [1.29, 1.82) is 0 Å². The zero-order valence-corrected chi connectivity index (χ0v) is 13.7. The maximum Gasteiger partial charge on any atom is 0.170 e. The Morgan fingerprint density at radius 1 is 1.24 bits per heavy atom. The molecule has 4 heteroatoms. The van der Waals surface area contributed by atoms with Gasteiger partial charge in [0.2, 0.25) is 0 Å². The fraction of sp³-hybridized carbons (Fsp3) is 0.588. The smallest absolute Gasteiger partial charge is 0.170 e. The third kappa shape index (κ3) is 6.02. The van der Waals surface area contributed by atoms with Crippen LogP contribution in [0, 0.1) is 0 Å². The summed E-state index contributed by atoms with van der Waals surface area (Å²) < 4.78 is 5.82. The van der Waals surface area contributed by atoms with Crippen molar-refractivity contribution in [3.8, 4) is 0 Å². The molecule has 116 valence electrons. The maximum atomic E-state index is 5.82. The molecule has 0 bridgehead atoms. The maximum absolute atomic E-state index is 5.82. The zero-order valence-electron chi connectivity index (χ0n) is 12.9. The average Bonchev–Trinajstić information content (AvgIpc) is 3.01. The number of benzene rings is 1. The number of ether oxygens (including phenoxy) is 1. The molecule has 1 aliphatic carbocycles. The second-order valence-electron chi connectivity index (χ2n) is 5.56. The molecule has 3 nitrogen and oxygen atoms in total. The molecular weight excluding hydrogens is 280 g/mol. The van der Waals surface area contributed by atoms with Crippen LogP contribution in [0.3, 0.4) is 0 Å². The van der Waals surface area contributed by atoms with Crippen molar-refractivity contribution < 1.29 is 4.74 Å². The van der Waals surface area contributed by atoms with Gasteiger partial charge in [-0.3, -0.25) is 0 Å². The van der Waals surface area contributed by atoms with Gasteiger partial charge >= 0.3 is 0 Å². The van der Waals surface area contributed by atoms with Crippen molar-refractivity contribution in [3.05, 3.63) is 29.8 Å². The van der Waals surface area contributed by atoms with Crippen LogP contribution < -0.4 is 10.6 Å². The molecule has 0 radical (unpaired) electrons. The third-order valence-corrected chi connectivity index (χ3v) is 4.13. The molecule has 0 spiro atoms. The SMILES string of the molecule is CCc1ccc(NC(=S)NCCCOC2CCCC2)cc1. The highest BCUT2D eigenvalue weighted by Gasteiger charge is 2.14. The van der Waals surface area contributed by atoms with E-state index >= 15 is 0 Å². The molecule has 21 heavy (non-hydrogen) atoms. The van der Waals surface area contributed by atoms with Gasteiger partial charge in [-0.1, -0.05) is 31.9 Å². The molecule has 0 heterocycles. The summed E-state index contributed by atoms with van der Waals surface area (Å²) in [5, 5.41) is 7.11. The first-order valence-corrected chi connectivity index (χ1v) is 8.44. The Labute approximate surface area is 133 Å². The number of hydrogen-bond acceptors (Lipinski definition) is 2. The molecule has 0 unspecified atom stereocenters. The van der Waals surface area contributed by atoms with Crippen molar-refractivity contribution in [2.75, 3.05) is 18.5 Å². The number of anilines is 1. The lowest BCUT2D eigenvalue weighted by atomic mass is 10.1. The van der Waals surface area contributed by atoms with E-state index in [0.29, 0.717) is 11.2 Å².